The number of nitrogens with zero attached hydrogens (tertiary/aromatic N) is 3. The Labute approximate surface area is 105 Å². The Morgan fingerprint density at radius 2 is 2.18 bits per heavy atom. The molecule has 0 amide bonds. The average Bonchev–Trinajstić information content (AvgIpc) is 2.79. The quantitative estimate of drug-likeness (QED) is 0.840. The van der Waals surface area contributed by atoms with Crippen molar-refractivity contribution in [1.82, 2.24) is 14.7 Å². The number of rotatable bonds is 1. The summed E-state index contributed by atoms with van der Waals surface area (Å²) in [7, 11) is 2.07. The summed E-state index contributed by atoms with van der Waals surface area (Å²) >= 11 is 6.00. The van der Waals surface area contributed by atoms with Crippen molar-refractivity contribution in [3.63, 3.8) is 0 Å². The number of benzene rings is 1. The predicted octanol–water partition coefficient (Wildman–Crippen LogP) is 2.05. The molecule has 0 bridgehead atoms. The molecule has 0 saturated heterocycles. The number of hydrogen-bond acceptors (Lipinski definition) is 3. The number of fused-ring (bicyclic) bond motifs is 1. The third-order valence-corrected chi connectivity index (χ3v) is 3.26. The zero-order valence-electron chi connectivity index (χ0n) is 9.52. The first kappa shape index (κ1) is 10.6. The SMILES string of the molecule is CN1Cc2c(N)nn(-c3cccc(Cl)c3)c2C1. The number of nitrogens with two attached hydrogens (primary N) is 1. The summed E-state index contributed by atoms with van der Waals surface area (Å²) in [5.41, 5.74) is 9.19. The highest BCUT2D eigenvalue weighted by Crippen LogP contribution is 2.29. The minimum atomic E-state index is 0.615. The summed E-state index contributed by atoms with van der Waals surface area (Å²) in [4.78, 5) is 2.21. The molecule has 0 atom stereocenters. The molecule has 17 heavy (non-hydrogen) atoms. The second-order valence-corrected chi connectivity index (χ2v) is 4.81. The maximum absolute atomic E-state index is 6.00. The third-order valence-electron chi connectivity index (χ3n) is 3.02. The van der Waals surface area contributed by atoms with Crippen LogP contribution in [0.15, 0.2) is 24.3 Å². The molecule has 5 heteroatoms. The average molecular weight is 249 g/mol. The fraction of sp³-hybridized carbons (Fsp3) is 0.250. The molecule has 3 rings (SSSR count). The van der Waals surface area contributed by atoms with Crippen molar-refractivity contribution < 1.29 is 0 Å². The summed E-state index contributed by atoms with van der Waals surface area (Å²) in [5.74, 6) is 0.615. The summed E-state index contributed by atoms with van der Waals surface area (Å²) in [6, 6.07) is 7.65. The molecule has 88 valence electrons. The van der Waals surface area contributed by atoms with Crippen LogP contribution in [0.5, 0.6) is 0 Å². The summed E-state index contributed by atoms with van der Waals surface area (Å²) in [5, 5.41) is 5.09. The van der Waals surface area contributed by atoms with E-state index in [4.69, 9.17) is 17.3 Å². The van der Waals surface area contributed by atoms with Gasteiger partial charge in [-0.05, 0) is 25.2 Å². The number of aromatic nitrogens is 2. The first-order valence-corrected chi connectivity index (χ1v) is 5.83. The molecule has 2 N–H and O–H groups in total. The van der Waals surface area contributed by atoms with Crippen LogP contribution in [-0.4, -0.2) is 21.7 Å². The van der Waals surface area contributed by atoms with Crippen LogP contribution < -0.4 is 5.73 Å². The zero-order valence-corrected chi connectivity index (χ0v) is 10.3. The molecular weight excluding hydrogens is 236 g/mol. The van der Waals surface area contributed by atoms with Gasteiger partial charge in [-0.1, -0.05) is 17.7 Å². The van der Waals surface area contributed by atoms with E-state index in [0.29, 0.717) is 10.8 Å². The smallest absolute Gasteiger partial charge is 0.150 e. The molecule has 0 spiro atoms. The van der Waals surface area contributed by atoms with E-state index in [1.54, 1.807) is 0 Å². The lowest BCUT2D eigenvalue weighted by atomic mass is 10.2. The van der Waals surface area contributed by atoms with Crippen LogP contribution in [0.4, 0.5) is 5.82 Å². The van der Waals surface area contributed by atoms with Gasteiger partial charge in [0.15, 0.2) is 5.82 Å². The molecule has 1 aliphatic heterocycles. The largest absolute Gasteiger partial charge is 0.382 e. The van der Waals surface area contributed by atoms with Gasteiger partial charge in [-0.25, -0.2) is 4.68 Å². The van der Waals surface area contributed by atoms with E-state index in [9.17, 15) is 0 Å². The van der Waals surface area contributed by atoms with Gasteiger partial charge < -0.3 is 5.73 Å². The summed E-state index contributed by atoms with van der Waals surface area (Å²) in [6.45, 7) is 1.73. The van der Waals surface area contributed by atoms with Crippen molar-refractivity contribution in [3.8, 4) is 5.69 Å². The van der Waals surface area contributed by atoms with Crippen molar-refractivity contribution >= 4 is 17.4 Å². The molecule has 0 fully saturated rings. The van der Waals surface area contributed by atoms with Gasteiger partial charge in [-0.3, -0.25) is 4.90 Å². The van der Waals surface area contributed by atoms with E-state index >= 15 is 0 Å². The number of hydrogen-bond donors (Lipinski definition) is 1. The van der Waals surface area contributed by atoms with Crippen LogP contribution in [0.2, 0.25) is 5.02 Å². The van der Waals surface area contributed by atoms with Gasteiger partial charge in [-0.15, -0.1) is 0 Å². The Hall–Kier alpha value is -1.52. The van der Waals surface area contributed by atoms with Gasteiger partial charge >= 0.3 is 0 Å². The Morgan fingerprint density at radius 3 is 2.94 bits per heavy atom. The molecule has 0 radical (unpaired) electrons. The van der Waals surface area contributed by atoms with E-state index in [0.717, 1.165) is 30.0 Å². The fourth-order valence-corrected chi connectivity index (χ4v) is 2.43. The van der Waals surface area contributed by atoms with E-state index in [2.05, 4.69) is 17.0 Å². The lowest BCUT2D eigenvalue weighted by Crippen LogP contribution is -2.12. The normalized spacial score (nSPS) is 15.2. The lowest BCUT2D eigenvalue weighted by Gasteiger charge is -2.09. The fourth-order valence-electron chi connectivity index (χ4n) is 2.24. The third kappa shape index (κ3) is 1.69. The van der Waals surface area contributed by atoms with Crippen LogP contribution in [0, 0.1) is 0 Å². The first-order chi connectivity index (χ1) is 8.15. The molecule has 0 aliphatic carbocycles. The highest BCUT2D eigenvalue weighted by atomic mass is 35.5. The van der Waals surface area contributed by atoms with Gasteiger partial charge in [0.2, 0.25) is 0 Å². The Kier molecular flexibility index (Phi) is 2.34. The molecule has 0 saturated carbocycles. The van der Waals surface area contributed by atoms with E-state index in [1.165, 1.54) is 0 Å². The molecule has 1 aromatic heterocycles. The zero-order chi connectivity index (χ0) is 12.0. The minimum Gasteiger partial charge on any atom is -0.382 e. The van der Waals surface area contributed by atoms with Gasteiger partial charge in [0.25, 0.3) is 0 Å². The minimum absolute atomic E-state index is 0.615. The Balaban J connectivity index is 2.14. The van der Waals surface area contributed by atoms with Crippen LogP contribution >= 0.6 is 11.6 Å². The first-order valence-electron chi connectivity index (χ1n) is 5.46. The van der Waals surface area contributed by atoms with Gasteiger partial charge in [-0.2, -0.15) is 5.10 Å². The maximum Gasteiger partial charge on any atom is 0.150 e. The van der Waals surface area contributed by atoms with Crippen molar-refractivity contribution in [2.45, 2.75) is 13.1 Å². The molecule has 1 aliphatic rings. The van der Waals surface area contributed by atoms with Gasteiger partial charge in [0.05, 0.1) is 11.4 Å². The maximum atomic E-state index is 6.00. The monoisotopic (exact) mass is 248 g/mol. The highest BCUT2D eigenvalue weighted by Gasteiger charge is 2.24. The summed E-state index contributed by atoms with van der Waals surface area (Å²) in [6.07, 6.45) is 0. The van der Waals surface area contributed by atoms with Crippen molar-refractivity contribution in [1.29, 1.82) is 0 Å². The van der Waals surface area contributed by atoms with Gasteiger partial charge in [0.1, 0.15) is 0 Å². The van der Waals surface area contributed by atoms with E-state index < -0.39 is 0 Å². The van der Waals surface area contributed by atoms with Crippen molar-refractivity contribution in [2.75, 3.05) is 12.8 Å². The highest BCUT2D eigenvalue weighted by molar-refractivity contribution is 6.30. The predicted molar refractivity (Wildman–Crippen MR) is 68.2 cm³/mol. The van der Waals surface area contributed by atoms with Gasteiger partial charge in [0, 0.05) is 23.7 Å². The molecule has 2 heterocycles. The topological polar surface area (TPSA) is 47.1 Å². The standard InChI is InChI=1S/C12H13ClN4/c1-16-6-10-11(7-16)17(15-12(10)14)9-4-2-3-8(13)5-9/h2-5H,6-7H2,1H3,(H2,14,15). The summed E-state index contributed by atoms with van der Waals surface area (Å²) < 4.78 is 1.89. The Morgan fingerprint density at radius 1 is 1.35 bits per heavy atom. The number of nitrogen functional groups attached to an aromatic ring is 1. The molecule has 2 aromatic rings. The van der Waals surface area contributed by atoms with Crippen LogP contribution in [0.3, 0.4) is 0 Å². The van der Waals surface area contributed by atoms with Crippen molar-refractivity contribution in [2.24, 2.45) is 0 Å². The van der Waals surface area contributed by atoms with Crippen LogP contribution in [0.1, 0.15) is 11.3 Å². The van der Waals surface area contributed by atoms with Crippen LogP contribution in [-0.2, 0) is 13.1 Å². The molecular formula is C12H13ClN4. The van der Waals surface area contributed by atoms with Crippen molar-refractivity contribution in [3.05, 3.63) is 40.5 Å². The second kappa shape index (κ2) is 3.75. The van der Waals surface area contributed by atoms with Crippen LogP contribution in [0.25, 0.3) is 5.69 Å². The lowest BCUT2D eigenvalue weighted by molar-refractivity contribution is 0.346. The number of anilines is 1. The second-order valence-electron chi connectivity index (χ2n) is 4.37. The van der Waals surface area contributed by atoms with E-state index in [-0.39, 0.29) is 0 Å². The number of halogens is 1. The molecule has 1 aromatic carbocycles. The van der Waals surface area contributed by atoms with E-state index in [1.807, 2.05) is 28.9 Å². The Bertz CT molecular complexity index is 576. The molecule has 0 unspecified atom stereocenters. The molecule has 4 nitrogen and oxygen atoms in total.